The monoisotopic (exact) mass is 269 g/mol. The Hall–Kier alpha value is -0.610. The van der Waals surface area contributed by atoms with Crippen LogP contribution in [0.25, 0.3) is 0 Å². The van der Waals surface area contributed by atoms with Crippen LogP contribution in [-0.2, 0) is 0 Å². The second-order valence-electron chi connectivity index (χ2n) is 4.10. The van der Waals surface area contributed by atoms with Crippen LogP contribution in [0.5, 0.6) is 0 Å². The van der Waals surface area contributed by atoms with Gasteiger partial charge in [0.2, 0.25) is 0 Å². The van der Waals surface area contributed by atoms with E-state index in [-0.39, 0.29) is 0 Å². The molecule has 1 aromatic rings. The molecule has 1 atom stereocenters. The molecule has 15 heavy (non-hydrogen) atoms. The van der Waals surface area contributed by atoms with E-state index in [2.05, 4.69) is 50.8 Å². The summed E-state index contributed by atoms with van der Waals surface area (Å²) in [5.74, 6) is 0. The van der Waals surface area contributed by atoms with Gasteiger partial charge in [-0.25, -0.2) is 0 Å². The number of hydrogen-bond donors (Lipinski definition) is 0. The SMILES string of the molecule is CC1CN(c2ccncc2Br)CCN1C. The van der Waals surface area contributed by atoms with E-state index in [1.54, 1.807) is 0 Å². The van der Waals surface area contributed by atoms with Gasteiger partial charge < -0.3 is 9.80 Å². The third-order valence-corrected chi connectivity index (χ3v) is 3.66. The van der Waals surface area contributed by atoms with Crippen molar-refractivity contribution in [3.8, 4) is 0 Å². The average molecular weight is 270 g/mol. The lowest BCUT2D eigenvalue weighted by molar-refractivity contribution is 0.234. The molecule has 1 fully saturated rings. The molecule has 1 unspecified atom stereocenters. The van der Waals surface area contributed by atoms with E-state index in [0.29, 0.717) is 6.04 Å². The second kappa shape index (κ2) is 4.49. The van der Waals surface area contributed by atoms with Gasteiger partial charge in [0.1, 0.15) is 0 Å². The molecule has 0 amide bonds. The minimum atomic E-state index is 0.610. The lowest BCUT2D eigenvalue weighted by Crippen LogP contribution is -2.50. The summed E-state index contributed by atoms with van der Waals surface area (Å²) in [5.41, 5.74) is 1.25. The Morgan fingerprint density at radius 3 is 2.93 bits per heavy atom. The molecule has 0 aromatic carbocycles. The van der Waals surface area contributed by atoms with Gasteiger partial charge in [-0.15, -0.1) is 0 Å². The highest BCUT2D eigenvalue weighted by Crippen LogP contribution is 2.26. The van der Waals surface area contributed by atoms with Crippen LogP contribution in [0.1, 0.15) is 6.92 Å². The molecule has 82 valence electrons. The topological polar surface area (TPSA) is 19.4 Å². The van der Waals surface area contributed by atoms with Gasteiger partial charge in [-0.1, -0.05) is 0 Å². The first-order chi connectivity index (χ1) is 7.18. The highest BCUT2D eigenvalue weighted by molar-refractivity contribution is 9.10. The van der Waals surface area contributed by atoms with E-state index in [1.165, 1.54) is 5.69 Å². The Morgan fingerprint density at radius 1 is 1.47 bits per heavy atom. The molecular formula is C11H16BrN3. The third-order valence-electron chi connectivity index (χ3n) is 3.05. The Labute approximate surface area is 99.2 Å². The Balaban J connectivity index is 2.15. The summed E-state index contributed by atoms with van der Waals surface area (Å²) in [6, 6.07) is 2.68. The van der Waals surface area contributed by atoms with Crippen molar-refractivity contribution in [3.63, 3.8) is 0 Å². The van der Waals surface area contributed by atoms with Crippen LogP contribution in [-0.4, -0.2) is 42.6 Å². The molecule has 1 aliphatic heterocycles. The van der Waals surface area contributed by atoms with Crippen LogP contribution in [0.15, 0.2) is 22.9 Å². The fourth-order valence-electron chi connectivity index (χ4n) is 1.89. The van der Waals surface area contributed by atoms with Gasteiger partial charge in [-0.2, -0.15) is 0 Å². The minimum absolute atomic E-state index is 0.610. The number of hydrogen-bond acceptors (Lipinski definition) is 3. The quantitative estimate of drug-likeness (QED) is 0.778. The van der Waals surface area contributed by atoms with E-state index >= 15 is 0 Å². The van der Waals surface area contributed by atoms with Gasteiger partial charge in [-0.05, 0) is 36.0 Å². The number of piperazine rings is 1. The number of anilines is 1. The van der Waals surface area contributed by atoms with Crippen LogP contribution >= 0.6 is 15.9 Å². The average Bonchev–Trinajstić information content (AvgIpc) is 2.23. The third kappa shape index (κ3) is 2.32. The number of rotatable bonds is 1. The van der Waals surface area contributed by atoms with Crippen LogP contribution in [0, 0.1) is 0 Å². The van der Waals surface area contributed by atoms with Gasteiger partial charge >= 0.3 is 0 Å². The maximum absolute atomic E-state index is 4.09. The second-order valence-corrected chi connectivity index (χ2v) is 4.96. The zero-order valence-electron chi connectivity index (χ0n) is 9.15. The molecule has 0 bridgehead atoms. The molecule has 4 heteroatoms. The van der Waals surface area contributed by atoms with Crippen molar-refractivity contribution in [2.24, 2.45) is 0 Å². The molecule has 0 N–H and O–H groups in total. The Morgan fingerprint density at radius 2 is 2.27 bits per heavy atom. The van der Waals surface area contributed by atoms with Crippen molar-refractivity contribution >= 4 is 21.6 Å². The van der Waals surface area contributed by atoms with Crippen molar-refractivity contribution < 1.29 is 0 Å². The minimum Gasteiger partial charge on any atom is -0.368 e. The smallest absolute Gasteiger partial charge is 0.0592 e. The van der Waals surface area contributed by atoms with E-state index in [9.17, 15) is 0 Å². The Kier molecular flexibility index (Phi) is 3.26. The lowest BCUT2D eigenvalue weighted by atomic mass is 10.2. The molecule has 1 aliphatic rings. The predicted octanol–water partition coefficient (Wildman–Crippen LogP) is 1.98. The van der Waals surface area contributed by atoms with Crippen molar-refractivity contribution in [1.29, 1.82) is 0 Å². The zero-order chi connectivity index (χ0) is 10.8. The van der Waals surface area contributed by atoms with Gasteiger partial charge in [0, 0.05) is 38.1 Å². The summed E-state index contributed by atoms with van der Waals surface area (Å²) in [4.78, 5) is 8.90. The van der Waals surface area contributed by atoms with Crippen molar-refractivity contribution in [1.82, 2.24) is 9.88 Å². The molecule has 0 saturated carbocycles. The normalized spacial score (nSPS) is 23.1. The fourth-order valence-corrected chi connectivity index (χ4v) is 2.39. The molecule has 0 spiro atoms. The molecule has 1 aromatic heterocycles. The molecule has 1 saturated heterocycles. The van der Waals surface area contributed by atoms with Crippen LogP contribution < -0.4 is 4.90 Å². The van der Waals surface area contributed by atoms with E-state index in [1.807, 2.05) is 12.4 Å². The van der Waals surface area contributed by atoms with Crippen LogP contribution in [0.2, 0.25) is 0 Å². The number of pyridine rings is 1. The van der Waals surface area contributed by atoms with Crippen LogP contribution in [0.4, 0.5) is 5.69 Å². The maximum Gasteiger partial charge on any atom is 0.0592 e. The molecular weight excluding hydrogens is 254 g/mol. The summed E-state index contributed by atoms with van der Waals surface area (Å²) in [6.07, 6.45) is 3.71. The summed E-state index contributed by atoms with van der Waals surface area (Å²) >= 11 is 3.55. The van der Waals surface area contributed by atoms with Gasteiger partial charge in [-0.3, -0.25) is 4.98 Å². The highest BCUT2D eigenvalue weighted by atomic mass is 79.9. The first kappa shape index (κ1) is 10.9. The Bertz CT molecular complexity index is 342. The van der Waals surface area contributed by atoms with Crippen molar-refractivity contribution in [3.05, 3.63) is 22.9 Å². The molecule has 3 nitrogen and oxygen atoms in total. The van der Waals surface area contributed by atoms with Crippen molar-refractivity contribution in [2.45, 2.75) is 13.0 Å². The van der Waals surface area contributed by atoms with Gasteiger partial charge in [0.25, 0.3) is 0 Å². The number of likely N-dealkylation sites (N-methyl/N-ethyl adjacent to an activating group) is 1. The lowest BCUT2D eigenvalue weighted by Gasteiger charge is -2.39. The van der Waals surface area contributed by atoms with E-state index in [4.69, 9.17) is 0 Å². The first-order valence-electron chi connectivity index (χ1n) is 5.23. The van der Waals surface area contributed by atoms with Gasteiger partial charge in [0.05, 0.1) is 10.2 Å². The zero-order valence-corrected chi connectivity index (χ0v) is 10.7. The number of nitrogens with zero attached hydrogens (tertiary/aromatic N) is 3. The first-order valence-corrected chi connectivity index (χ1v) is 6.02. The molecule has 2 heterocycles. The summed E-state index contributed by atoms with van der Waals surface area (Å²) in [7, 11) is 2.18. The summed E-state index contributed by atoms with van der Waals surface area (Å²) in [5, 5.41) is 0. The van der Waals surface area contributed by atoms with Gasteiger partial charge in [0.15, 0.2) is 0 Å². The van der Waals surface area contributed by atoms with E-state index in [0.717, 1.165) is 24.1 Å². The van der Waals surface area contributed by atoms with E-state index < -0.39 is 0 Å². The fraction of sp³-hybridized carbons (Fsp3) is 0.545. The molecule has 0 radical (unpaired) electrons. The van der Waals surface area contributed by atoms with Crippen LogP contribution in [0.3, 0.4) is 0 Å². The highest BCUT2D eigenvalue weighted by Gasteiger charge is 2.21. The predicted molar refractivity (Wildman–Crippen MR) is 66.2 cm³/mol. The van der Waals surface area contributed by atoms with Crippen molar-refractivity contribution in [2.75, 3.05) is 31.6 Å². The summed E-state index contributed by atoms with van der Waals surface area (Å²) < 4.78 is 1.08. The standard InChI is InChI=1S/C11H16BrN3/c1-9-8-15(6-5-14(9)2)11-3-4-13-7-10(11)12/h3-4,7,9H,5-6,8H2,1-2H3. The summed E-state index contributed by atoms with van der Waals surface area (Å²) in [6.45, 7) is 5.56. The largest absolute Gasteiger partial charge is 0.368 e. The molecule has 0 aliphatic carbocycles. The number of halogens is 1. The number of aromatic nitrogens is 1. The molecule has 2 rings (SSSR count). The maximum atomic E-state index is 4.09.